The van der Waals surface area contributed by atoms with Crippen LogP contribution >= 0.6 is 0 Å². The van der Waals surface area contributed by atoms with Gasteiger partial charge in [0.05, 0.1) is 23.3 Å². The van der Waals surface area contributed by atoms with Crippen LogP contribution in [0.15, 0.2) is 18.2 Å². The van der Waals surface area contributed by atoms with Gasteiger partial charge in [-0.3, -0.25) is 9.59 Å². The number of carbonyl (C=O) groups excluding carboxylic acids is 2. The molecular formula is C32H47N5O6. The van der Waals surface area contributed by atoms with Crippen molar-refractivity contribution in [3.05, 3.63) is 40.7 Å². The van der Waals surface area contributed by atoms with Gasteiger partial charge in [-0.15, -0.1) is 5.10 Å². The largest absolute Gasteiger partial charge is 0.481 e. The fourth-order valence-electron chi connectivity index (χ4n) is 6.01. The molecular weight excluding hydrogens is 550 g/mol. The van der Waals surface area contributed by atoms with E-state index in [-0.39, 0.29) is 37.0 Å². The smallest absolute Gasteiger partial charge is 0.410 e. The summed E-state index contributed by atoms with van der Waals surface area (Å²) >= 11 is 0. The summed E-state index contributed by atoms with van der Waals surface area (Å²) in [4.78, 5) is 42.8. The molecule has 236 valence electrons. The molecule has 2 heterocycles. The van der Waals surface area contributed by atoms with Gasteiger partial charge in [0.15, 0.2) is 5.69 Å². The summed E-state index contributed by atoms with van der Waals surface area (Å²) < 4.78 is 12.6. The Labute approximate surface area is 254 Å². The van der Waals surface area contributed by atoms with E-state index >= 15 is 0 Å². The minimum Gasteiger partial charge on any atom is -0.481 e. The number of hydrogen-bond donors (Lipinski definition) is 1. The van der Waals surface area contributed by atoms with Gasteiger partial charge in [0.25, 0.3) is 5.91 Å². The lowest BCUT2D eigenvalue weighted by molar-refractivity contribution is -0.144. The number of carboxylic acids is 1. The first-order valence-electron chi connectivity index (χ1n) is 15.4. The molecule has 1 aliphatic heterocycles. The van der Waals surface area contributed by atoms with Gasteiger partial charge in [-0.05, 0) is 94.9 Å². The number of carbonyl (C=O) groups is 3. The average molecular weight is 598 g/mol. The number of aliphatic carboxylic acids is 1. The quantitative estimate of drug-likeness (QED) is 0.374. The van der Waals surface area contributed by atoms with Gasteiger partial charge in [0, 0.05) is 33.4 Å². The Balaban J connectivity index is 1.69. The number of fused-ring (bicyclic) bond motifs is 1. The third-order valence-corrected chi connectivity index (χ3v) is 8.00. The minimum absolute atomic E-state index is 0.0315. The van der Waals surface area contributed by atoms with Crippen LogP contribution in [0.5, 0.6) is 0 Å². The molecule has 0 unspecified atom stereocenters. The van der Waals surface area contributed by atoms with Crippen LogP contribution in [0.1, 0.15) is 87.6 Å². The molecule has 1 fully saturated rings. The number of nitrogens with zero attached hydrogens (tertiary/aromatic N) is 5. The second kappa shape index (κ2) is 13.9. The molecule has 1 aromatic heterocycles. The SMILES string of the molecule is COCCCCc1c(C(=O)N(CC(C)C)[C@H]2C[C@@H](C(=O)O)CN(C(=O)OC(C)(C)C)C2)nnn1-c1ccc2c(c1)CCC2. The number of benzene rings is 1. The number of likely N-dealkylation sites (tertiary alicyclic amines) is 1. The number of ether oxygens (including phenoxy) is 2. The van der Waals surface area contributed by atoms with Crippen molar-refractivity contribution in [2.75, 3.05) is 33.4 Å². The van der Waals surface area contributed by atoms with Crippen molar-refractivity contribution in [2.45, 2.75) is 91.2 Å². The van der Waals surface area contributed by atoms with Crippen LogP contribution in [0.4, 0.5) is 4.79 Å². The van der Waals surface area contributed by atoms with Crippen LogP contribution in [0.3, 0.4) is 0 Å². The number of hydrogen-bond acceptors (Lipinski definition) is 7. The number of piperidine rings is 1. The second-order valence-electron chi connectivity index (χ2n) is 13.2. The van der Waals surface area contributed by atoms with Gasteiger partial charge in [0.2, 0.25) is 0 Å². The van der Waals surface area contributed by atoms with Crippen LogP contribution < -0.4 is 0 Å². The molecule has 1 aliphatic carbocycles. The number of unbranched alkanes of at least 4 members (excludes halogenated alkanes) is 1. The Morgan fingerprint density at radius 1 is 1.12 bits per heavy atom. The molecule has 2 atom stereocenters. The van der Waals surface area contributed by atoms with E-state index in [2.05, 4.69) is 22.4 Å². The van der Waals surface area contributed by atoms with E-state index in [4.69, 9.17) is 9.47 Å². The van der Waals surface area contributed by atoms with Crippen molar-refractivity contribution in [3.8, 4) is 5.69 Å². The molecule has 1 saturated heterocycles. The van der Waals surface area contributed by atoms with Gasteiger partial charge in [-0.1, -0.05) is 25.1 Å². The summed E-state index contributed by atoms with van der Waals surface area (Å²) in [5, 5.41) is 18.9. The summed E-state index contributed by atoms with van der Waals surface area (Å²) in [5.41, 5.74) is 3.79. The molecule has 2 aromatic rings. The average Bonchev–Trinajstić information content (AvgIpc) is 3.59. The van der Waals surface area contributed by atoms with E-state index in [0.29, 0.717) is 19.6 Å². The van der Waals surface area contributed by atoms with Crippen LogP contribution in [0.25, 0.3) is 5.69 Å². The summed E-state index contributed by atoms with van der Waals surface area (Å²) in [5.74, 6) is -2.04. The number of methoxy groups -OCH3 is 1. The normalized spacial score (nSPS) is 18.5. The van der Waals surface area contributed by atoms with Crippen molar-refractivity contribution in [1.29, 1.82) is 0 Å². The maximum Gasteiger partial charge on any atom is 0.410 e. The van der Waals surface area contributed by atoms with E-state index in [1.807, 2.05) is 19.9 Å². The number of amides is 2. The Hall–Kier alpha value is -3.47. The Kier molecular flexibility index (Phi) is 10.5. The molecule has 0 saturated carbocycles. The lowest BCUT2D eigenvalue weighted by Gasteiger charge is -2.42. The summed E-state index contributed by atoms with van der Waals surface area (Å²) in [6, 6.07) is 5.80. The van der Waals surface area contributed by atoms with Crippen LogP contribution in [-0.4, -0.2) is 92.9 Å². The lowest BCUT2D eigenvalue weighted by Crippen LogP contribution is -2.56. The Morgan fingerprint density at radius 3 is 2.53 bits per heavy atom. The van der Waals surface area contributed by atoms with Gasteiger partial charge in [-0.25, -0.2) is 9.48 Å². The zero-order chi connectivity index (χ0) is 31.3. The minimum atomic E-state index is -1.00. The predicted octanol–water partition coefficient (Wildman–Crippen LogP) is 4.53. The second-order valence-corrected chi connectivity index (χ2v) is 13.2. The van der Waals surface area contributed by atoms with Crippen molar-refractivity contribution >= 4 is 18.0 Å². The molecule has 11 heteroatoms. The van der Waals surface area contributed by atoms with Crippen LogP contribution in [0, 0.1) is 11.8 Å². The van der Waals surface area contributed by atoms with Crippen LogP contribution in [-0.2, 0) is 33.5 Å². The Morgan fingerprint density at radius 2 is 1.86 bits per heavy atom. The monoisotopic (exact) mass is 597 g/mol. The maximum absolute atomic E-state index is 14.4. The number of aromatic nitrogens is 3. The molecule has 43 heavy (non-hydrogen) atoms. The molecule has 2 amide bonds. The van der Waals surface area contributed by atoms with E-state index in [1.54, 1.807) is 37.5 Å². The first kappa shape index (κ1) is 32.4. The fourth-order valence-corrected chi connectivity index (χ4v) is 6.01. The van der Waals surface area contributed by atoms with E-state index in [9.17, 15) is 19.5 Å². The van der Waals surface area contributed by atoms with Gasteiger partial charge < -0.3 is 24.4 Å². The third kappa shape index (κ3) is 8.13. The van der Waals surface area contributed by atoms with Crippen molar-refractivity contribution < 1.29 is 29.0 Å². The van der Waals surface area contributed by atoms with E-state index < -0.39 is 29.6 Å². The molecule has 0 bridgehead atoms. The fraction of sp³-hybridized carbons (Fsp3) is 0.656. The molecule has 2 aliphatic rings. The summed E-state index contributed by atoms with van der Waals surface area (Å²) in [7, 11) is 1.67. The summed E-state index contributed by atoms with van der Waals surface area (Å²) in [6.07, 6.45) is 5.07. The van der Waals surface area contributed by atoms with E-state index in [1.165, 1.54) is 16.0 Å². The zero-order valence-electron chi connectivity index (χ0n) is 26.5. The van der Waals surface area contributed by atoms with Crippen molar-refractivity contribution in [3.63, 3.8) is 0 Å². The molecule has 0 radical (unpaired) electrons. The highest BCUT2D eigenvalue weighted by molar-refractivity contribution is 5.94. The summed E-state index contributed by atoms with van der Waals surface area (Å²) in [6.45, 7) is 10.5. The predicted molar refractivity (Wildman–Crippen MR) is 161 cm³/mol. The highest BCUT2D eigenvalue weighted by Crippen LogP contribution is 2.28. The standard InChI is InChI=1S/C32H47N5O6/c1-21(2)18-36(26-17-24(30(39)40)19-35(20-26)31(41)43-32(3,4)5)29(38)28-27(12-7-8-15-42-6)37(34-33-28)25-14-13-22-10-9-11-23(22)16-25/h13-14,16,21,24,26H,7-12,15,17-20H2,1-6H3,(H,39,40)/t24-,26+/m1/s1. The Bertz CT molecular complexity index is 1300. The molecule has 1 N–H and O–H groups in total. The van der Waals surface area contributed by atoms with Gasteiger partial charge in [0.1, 0.15) is 5.60 Å². The molecule has 1 aromatic carbocycles. The first-order chi connectivity index (χ1) is 20.4. The molecule has 11 nitrogen and oxygen atoms in total. The van der Waals surface area contributed by atoms with E-state index in [0.717, 1.165) is 43.5 Å². The highest BCUT2D eigenvalue weighted by Gasteiger charge is 2.40. The van der Waals surface area contributed by atoms with Crippen molar-refractivity contribution in [1.82, 2.24) is 24.8 Å². The number of rotatable bonds is 11. The lowest BCUT2D eigenvalue weighted by atomic mass is 9.92. The third-order valence-electron chi connectivity index (χ3n) is 8.00. The molecule has 4 rings (SSSR count). The van der Waals surface area contributed by atoms with Gasteiger partial charge in [-0.2, -0.15) is 0 Å². The maximum atomic E-state index is 14.4. The molecule has 0 spiro atoms. The topological polar surface area (TPSA) is 127 Å². The number of carboxylic acid groups (broad SMARTS) is 1. The number of aryl methyl sites for hydroxylation is 2. The highest BCUT2D eigenvalue weighted by atomic mass is 16.6. The first-order valence-corrected chi connectivity index (χ1v) is 15.4. The van der Waals surface area contributed by atoms with Gasteiger partial charge >= 0.3 is 12.1 Å². The van der Waals surface area contributed by atoms with Crippen LogP contribution in [0.2, 0.25) is 0 Å². The zero-order valence-corrected chi connectivity index (χ0v) is 26.5. The van der Waals surface area contributed by atoms with Crippen molar-refractivity contribution in [2.24, 2.45) is 11.8 Å².